The summed E-state index contributed by atoms with van der Waals surface area (Å²) < 4.78 is 0.727. The van der Waals surface area contributed by atoms with E-state index < -0.39 is 18.1 Å². The lowest BCUT2D eigenvalue weighted by Gasteiger charge is -2.32. The zero-order chi connectivity index (χ0) is 40.3. The van der Waals surface area contributed by atoms with E-state index in [0.29, 0.717) is 51.7 Å². The quantitative estimate of drug-likeness (QED) is 0.0564. The van der Waals surface area contributed by atoms with Crippen molar-refractivity contribution in [3.63, 3.8) is 0 Å². The van der Waals surface area contributed by atoms with Crippen LogP contribution < -0.4 is 27.4 Å². The predicted molar refractivity (Wildman–Crippen MR) is 235 cm³/mol. The summed E-state index contributed by atoms with van der Waals surface area (Å²) in [5.41, 5.74) is 19.4. The number of hydrogen-bond donors (Lipinski definition) is 6. The van der Waals surface area contributed by atoms with Crippen LogP contribution in [-0.2, 0) is 38.3 Å². The molecule has 1 aliphatic rings. The Balaban J connectivity index is 1.49. The Bertz CT molecular complexity index is 2180. The normalized spacial score (nSPS) is 18.4. The summed E-state index contributed by atoms with van der Waals surface area (Å²) in [4.78, 5) is 58.7. The molecule has 4 heterocycles. The highest BCUT2D eigenvalue weighted by Gasteiger charge is 2.34. The summed E-state index contributed by atoms with van der Waals surface area (Å²) >= 11 is 3.94. The van der Waals surface area contributed by atoms with E-state index in [-0.39, 0.29) is 30.7 Å². The Morgan fingerprint density at radius 3 is 2.47 bits per heavy atom. The number of carbonyl (C=O) groups excluding carboxylic acids is 3. The van der Waals surface area contributed by atoms with Crippen LogP contribution in [0.5, 0.6) is 0 Å². The van der Waals surface area contributed by atoms with E-state index in [1.807, 2.05) is 61.7 Å². The molecular formula is C43H52IN9O3S. The van der Waals surface area contributed by atoms with Gasteiger partial charge in [-0.25, -0.2) is 4.98 Å². The number of pyridine rings is 2. The van der Waals surface area contributed by atoms with Gasteiger partial charge in [-0.15, -0.1) is 0 Å². The van der Waals surface area contributed by atoms with Crippen molar-refractivity contribution >= 4 is 63.0 Å². The summed E-state index contributed by atoms with van der Waals surface area (Å²) in [6.45, 7) is 3.41. The average molecular weight is 902 g/mol. The summed E-state index contributed by atoms with van der Waals surface area (Å²) in [7, 11) is 1.66. The molecule has 0 unspecified atom stereocenters. The SMILES string of the molecule is Cc1cc(-c2ccc(CI)c3c2CNC(=O)[C@H](Cc2c[nH]c4ccccc24)N(C)C(=O)[C@H](CCCCN)NC(=O)[C@H](CCCN)NCc2cccnc2S3)ccn1. The van der Waals surface area contributed by atoms with Gasteiger partial charge in [0.25, 0.3) is 0 Å². The van der Waals surface area contributed by atoms with Crippen LogP contribution in [0.3, 0.4) is 0 Å². The summed E-state index contributed by atoms with van der Waals surface area (Å²) in [6.07, 6.45) is 8.52. The Labute approximate surface area is 352 Å². The van der Waals surface area contributed by atoms with Crippen molar-refractivity contribution in [3.05, 3.63) is 107 Å². The van der Waals surface area contributed by atoms with Crippen LogP contribution in [-0.4, -0.2) is 75.8 Å². The molecule has 8 N–H and O–H groups in total. The summed E-state index contributed by atoms with van der Waals surface area (Å²) in [6, 6.07) is 17.7. The fourth-order valence-corrected chi connectivity index (χ4v) is 9.37. The zero-order valence-corrected chi connectivity index (χ0v) is 35.5. The molecule has 0 radical (unpaired) electrons. The fraction of sp³-hybridized carbons (Fsp3) is 0.372. The van der Waals surface area contributed by atoms with Gasteiger partial charge in [-0.2, -0.15) is 0 Å². The maximum absolute atomic E-state index is 14.8. The van der Waals surface area contributed by atoms with E-state index in [1.165, 1.54) is 4.90 Å². The third kappa shape index (κ3) is 10.4. The molecule has 0 saturated heterocycles. The number of likely N-dealkylation sites (N-methyl/N-ethyl adjacent to an activating group) is 1. The van der Waals surface area contributed by atoms with Gasteiger partial charge < -0.3 is 37.3 Å². The van der Waals surface area contributed by atoms with Crippen LogP contribution in [0, 0.1) is 6.92 Å². The lowest BCUT2D eigenvalue weighted by atomic mass is 9.97. The van der Waals surface area contributed by atoms with Crippen LogP contribution in [0.25, 0.3) is 22.0 Å². The van der Waals surface area contributed by atoms with Crippen molar-refractivity contribution in [2.75, 3.05) is 20.1 Å². The number of hydrogen-bond acceptors (Lipinski definition) is 9. The third-order valence-corrected chi connectivity index (χ3v) is 12.6. The third-order valence-electron chi connectivity index (χ3n) is 10.5. The predicted octanol–water partition coefficient (Wildman–Crippen LogP) is 5.53. The minimum Gasteiger partial charge on any atom is -0.361 e. The van der Waals surface area contributed by atoms with E-state index in [2.05, 4.69) is 60.6 Å². The molecule has 0 fully saturated rings. The van der Waals surface area contributed by atoms with Gasteiger partial charge in [0.2, 0.25) is 17.7 Å². The number of benzene rings is 2. The van der Waals surface area contributed by atoms with Gasteiger partial charge in [-0.3, -0.25) is 19.4 Å². The lowest BCUT2D eigenvalue weighted by molar-refractivity contribution is -0.142. The van der Waals surface area contributed by atoms with Crippen LogP contribution in [0.1, 0.15) is 60.1 Å². The number of halogens is 1. The minimum absolute atomic E-state index is 0.201. The van der Waals surface area contributed by atoms with Crippen molar-refractivity contribution < 1.29 is 14.4 Å². The minimum atomic E-state index is -0.898. The van der Waals surface area contributed by atoms with E-state index in [4.69, 9.17) is 16.5 Å². The molecule has 0 bridgehead atoms. The van der Waals surface area contributed by atoms with Gasteiger partial charge in [-0.05, 0) is 110 Å². The van der Waals surface area contributed by atoms with Crippen LogP contribution in [0.2, 0.25) is 0 Å². The number of nitrogens with two attached hydrogens (primary N) is 2. The molecule has 12 nitrogen and oxygen atoms in total. The molecule has 300 valence electrons. The van der Waals surface area contributed by atoms with E-state index >= 15 is 0 Å². The van der Waals surface area contributed by atoms with E-state index in [9.17, 15) is 14.4 Å². The largest absolute Gasteiger partial charge is 0.361 e. The molecule has 3 amide bonds. The first-order valence-electron chi connectivity index (χ1n) is 19.5. The molecule has 1 aliphatic heterocycles. The molecule has 5 aromatic rings. The molecule has 0 saturated carbocycles. The number of nitrogens with zero attached hydrogens (tertiary/aromatic N) is 3. The second kappa shape index (κ2) is 20.4. The smallest absolute Gasteiger partial charge is 0.245 e. The molecular weight excluding hydrogens is 850 g/mol. The standard InChI is InChI=1S/C43H52IN9O3S/c1-27-21-28(16-20-47-27)32-15-14-29(23-44)39-34(32)26-51-41(55)38(22-31-25-49-35-11-4-3-10-33(31)35)53(2)43(56)37(12-5-6-17-45)52-40(54)36(13-7-18-46)50-24-30-9-8-19-48-42(30)57-39/h3-4,8-11,14-16,19-21,25,36-38,49-50H,5-7,12-13,17-18,22-24,26,45-46H2,1-2H3,(H,51,55)(H,52,54)/t36-,37-,38-/m0/s1. The zero-order valence-electron chi connectivity index (χ0n) is 32.5. The van der Waals surface area contributed by atoms with E-state index in [0.717, 1.165) is 64.3 Å². The van der Waals surface area contributed by atoms with Gasteiger partial charge in [0.05, 0.1) is 6.04 Å². The Kier molecular flexibility index (Phi) is 15.1. The van der Waals surface area contributed by atoms with E-state index in [1.54, 1.807) is 31.2 Å². The first kappa shape index (κ1) is 42.3. The second-order valence-corrected chi connectivity index (χ2v) is 16.2. The first-order valence-corrected chi connectivity index (χ1v) is 21.8. The molecule has 3 atom stereocenters. The highest BCUT2D eigenvalue weighted by molar-refractivity contribution is 14.1. The number of alkyl halides is 1. The number of unbranched alkanes of at least 4 members (excludes halogenated alkanes) is 1. The number of para-hydroxylation sites is 1. The van der Waals surface area contributed by atoms with Crippen LogP contribution >= 0.6 is 34.4 Å². The summed E-state index contributed by atoms with van der Waals surface area (Å²) in [5.74, 6) is -0.938. The second-order valence-electron chi connectivity index (χ2n) is 14.4. The molecule has 6 rings (SSSR count). The molecule has 14 heteroatoms. The highest BCUT2D eigenvalue weighted by atomic mass is 127. The Morgan fingerprint density at radius 1 is 0.877 bits per heavy atom. The number of fused-ring (bicyclic) bond motifs is 3. The molecule has 3 aromatic heterocycles. The monoisotopic (exact) mass is 901 g/mol. The van der Waals surface area contributed by atoms with Crippen molar-refractivity contribution in [3.8, 4) is 11.1 Å². The topological polar surface area (TPSA) is 184 Å². The van der Waals surface area contributed by atoms with Gasteiger partial charge >= 0.3 is 0 Å². The number of aromatic amines is 1. The first-order chi connectivity index (χ1) is 27.7. The van der Waals surface area contributed by atoms with Gasteiger partial charge in [0.1, 0.15) is 17.1 Å². The average Bonchev–Trinajstić information content (AvgIpc) is 3.64. The number of H-pyrrole nitrogens is 1. The number of amides is 3. The number of nitrogens with one attached hydrogen (secondary N) is 4. The number of rotatable bonds is 11. The molecule has 2 aromatic carbocycles. The molecule has 0 aliphatic carbocycles. The Hall–Kier alpha value is -4.35. The van der Waals surface area contributed by atoms with Gasteiger partial charge in [0.15, 0.2) is 0 Å². The van der Waals surface area contributed by atoms with Gasteiger partial charge in [0, 0.05) is 71.1 Å². The maximum atomic E-state index is 14.8. The molecule has 57 heavy (non-hydrogen) atoms. The lowest BCUT2D eigenvalue weighted by Crippen LogP contribution is -2.57. The highest BCUT2D eigenvalue weighted by Crippen LogP contribution is 2.40. The fourth-order valence-electron chi connectivity index (χ4n) is 7.33. The van der Waals surface area contributed by atoms with Crippen molar-refractivity contribution in [1.82, 2.24) is 35.8 Å². The molecule has 0 spiro atoms. The van der Waals surface area contributed by atoms with Crippen molar-refractivity contribution in [2.45, 2.75) is 91.0 Å². The van der Waals surface area contributed by atoms with Crippen LogP contribution in [0.15, 0.2) is 89.2 Å². The maximum Gasteiger partial charge on any atom is 0.245 e. The van der Waals surface area contributed by atoms with Gasteiger partial charge in [-0.1, -0.05) is 70.8 Å². The van der Waals surface area contributed by atoms with Crippen molar-refractivity contribution in [2.24, 2.45) is 11.5 Å². The number of aromatic nitrogens is 3. The Morgan fingerprint density at radius 2 is 1.68 bits per heavy atom. The number of carbonyl (C=O) groups is 3. The summed E-state index contributed by atoms with van der Waals surface area (Å²) in [5, 5.41) is 11.6. The van der Waals surface area contributed by atoms with Crippen LogP contribution in [0.4, 0.5) is 0 Å². The number of aryl methyl sites for hydroxylation is 1. The van der Waals surface area contributed by atoms with Crippen molar-refractivity contribution in [1.29, 1.82) is 0 Å².